The first-order chi connectivity index (χ1) is 9.19. The van der Waals surface area contributed by atoms with Crippen LogP contribution < -0.4 is 5.32 Å². The molecule has 0 saturated heterocycles. The van der Waals surface area contributed by atoms with E-state index in [1.54, 1.807) is 13.8 Å². The largest absolute Gasteiger partial charge is 0.379 e. The number of carbonyl (C=O) groups excluding carboxylic acids is 2. The number of allylic oxidation sites excluding steroid dienone is 2. The van der Waals surface area contributed by atoms with Gasteiger partial charge in [-0.15, -0.1) is 0 Å². The molecule has 106 valence electrons. The van der Waals surface area contributed by atoms with Crippen molar-refractivity contribution in [2.75, 3.05) is 5.32 Å². The van der Waals surface area contributed by atoms with E-state index in [-0.39, 0.29) is 11.3 Å². The number of hydrogen-bond acceptors (Lipinski definition) is 3. The van der Waals surface area contributed by atoms with E-state index in [0.717, 1.165) is 5.57 Å². The highest BCUT2D eigenvalue weighted by atomic mass is 19.1. The predicted octanol–water partition coefficient (Wildman–Crippen LogP) is 3.75. The summed E-state index contributed by atoms with van der Waals surface area (Å²) in [4.78, 5) is 24.1. The van der Waals surface area contributed by atoms with Crippen LogP contribution in [0.4, 0.5) is 10.1 Å². The van der Waals surface area contributed by atoms with Gasteiger partial charge in [-0.1, -0.05) is 5.57 Å². The molecular weight excluding hydrogens is 257 g/mol. The minimum atomic E-state index is -0.607. The van der Waals surface area contributed by atoms with Gasteiger partial charge in [0.15, 0.2) is 11.6 Å². The third-order valence-electron chi connectivity index (χ3n) is 3.17. The van der Waals surface area contributed by atoms with Gasteiger partial charge < -0.3 is 5.32 Å². The molecule has 0 spiro atoms. The maximum absolute atomic E-state index is 14.1. The Balaban J connectivity index is 2.51. The first-order valence-corrected chi connectivity index (χ1v) is 6.54. The predicted molar refractivity (Wildman–Crippen MR) is 76.8 cm³/mol. The zero-order valence-corrected chi connectivity index (χ0v) is 12.1. The number of benzene rings is 1. The molecule has 0 atom stereocenters. The Morgan fingerprint density at radius 3 is 2.60 bits per heavy atom. The Labute approximate surface area is 117 Å². The van der Waals surface area contributed by atoms with E-state index in [1.807, 2.05) is 13.8 Å². The van der Waals surface area contributed by atoms with Crippen molar-refractivity contribution >= 4 is 17.3 Å². The van der Waals surface area contributed by atoms with Crippen LogP contribution in [0, 0.1) is 5.82 Å². The highest BCUT2D eigenvalue weighted by molar-refractivity contribution is 6.10. The summed E-state index contributed by atoms with van der Waals surface area (Å²) in [6, 6.07) is 2.59. The third-order valence-corrected chi connectivity index (χ3v) is 3.17. The molecule has 0 amide bonds. The van der Waals surface area contributed by atoms with Gasteiger partial charge in [0.25, 0.3) is 0 Å². The van der Waals surface area contributed by atoms with E-state index in [0.29, 0.717) is 17.7 Å². The zero-order valence-electron chi connectivity index (χ0n) is 12.1. The van der Waals surface area contributed by atoms with Gasteiger partial charge in [-0.3, -0.25) is 9.59 Å². The second-order valence-electron chi connectivity index (χ2n) is 6.07. The molecule has 0 aromatic heterocycles. The van der Waals surface area contributed by atoms with Crippen LogP contribution in [0.15, 0.2) is 23.8 Å². The Morgan fingerprint density at radius 2 is 2.00 bits per heavy atom. The number of nitrogens with one attached hydrogen (secondary N) is 1. The molecule has 0 bridgehead atoms. The summed E-state index contributed by atoms with van der Waals surface area (Å²) >= 11 is 0. The second-order valence-corrected chi connectivity index (χ2v) is 6.07. The van der Waals surface area contributed by atoms with Crippen molar-refractivity contribution in [3.63, 3.8) is 0 Å². The summed E-state index contributed by atoms with van der Waals surface area (Å²) < 4.78 is 14.1. The van der Waals surface area contributed by atoms with Crippen molar-refractivity contribution in [1.29, 1.82) is 0 Å². The number of ketones is 2. The SMILES string of the molecule is CC(C)=CC(=O)c1cc2c(cc1F)NC(C)(C)CC2=O. The van der Waals surface area contributed by atoms with Crippen LogP contribution in [0.1, 0.15) is 54.8 Å². The number of anilines is 1. The smallest absolute Gasteiger partial charge is 0.188 e. The highest BCUT2D eigenvalue weighted by Crippen LogP contribution is 2.32. The molecular formula is C16H18FNO2. The average Bonchev–Trinajstić information content (AvgIpc) is 2.24. The summed E-state index contributed by atoms with van der Waals surface area (Å²) in [7, 11) is 0. The van der Waals surface area contributed by atoms with Crippen LogP contribution in [0.25, 0.3) is 0 Å². The zero-order chi connectivity index (χ0) is 15.1. The Bertz CT molecular complexity index is 626. The summed E-state index contributed by atoms with van der Waals surface area (Å²) in [5, 5.41) is 3.13. The summed E-state index contributed by atoms with van der Waals surface area (Å²) in [6.45, 7) is 7.30. The fraction of sp³-hybridized carbons (Fsp3) is 0.375. The van der Waals surface area contributed by atoms with Crippen molar-refractivity contribution in [3.05, 3.63) is 40.7 Å². The second kappa shape index (κ2) is 4.85. The van der Waals surface area contributed by atoms with Crippen LogP contribution >= 0.6 is 0 Å². The topological polar surface area (TPSA) is 46.2 Å². The molecule has 1 heterocycles. The molecule has 0 unspecified atom stereocenters. The summed E-state index contributed by atoms with van der Waals surface area (Å²) in [5.41, 5.74) is 1.17. The van der Waals surface area contributed by atoms with E-state index in [1.165, 1.54) is 18.2 Å². The molecule has 3 nitrogen and oxygen atoms in total. The van der Waals surface area contributed by atoms with Gasteiger partial charge in [0.1, 0.15) is 5.82 Å². The van der Waals surface area contributed by atoms with E-state index in [9.17, 15) is 14.0 Å². The van der Waals surface area contributed by atoms with Crippen LogP contribution in [0.2, 0.25) is 0 Å². The monoisotopic (exact) mass is 275 g/mol. The minimum absolute atomic E-state index is 0.0557. The highest BCUT2D eigenvalue weighted by Gasteiger charge is 2.31. The molecule has 1 N–H and O–H groups in total. The molecule has 0 fully saturated rings. The fourth-order valence-electron chi connectivity index (χ4n) is 2.34. The van der Waals surface area contributed by atoms with E-state index < -0.39 is 17.1 Å². The minimum Gasteiger partial charge on any atom is -0.379 e. The first kappa shape index (κ1) is 14.4. The standard InChI is InChI=1S/C16H18FNO2/c1-9(2)5-14(19)10-6-11-13(7-12(10)17)18-16(3,4)8-15(11)20/h5-7,18H,8H2,1-4H3. The van der Waals surface area contributed by atoms with E-state index >= 15 is 0 Å². The molecule has 1 aromatic rings. The van der Waals surface area contributed by atoms with E-state index in [4.69, 9.17) is 0 Å². The first-order valence-electron chi connectivity index (χ1n) is 6.54. The van der Waals surface area contributed by atoms with Crippen LogP contribution in [-0.2, 0) is 0 Å². The number of Topliss-reactive ketones (excluding diaryl/α,β-unsaturated/α-hetero) is 1. The molecule has 0 radical (unpaired) electrons. The van der Waals surface area contributed by atoms with Gasteiger partial charge in [0.05, 0.1) is 5.56 Å². The average molecular weight is 275 g/mol. The van der Waals surface area contributed by atoms with Gasteiger partial charge in [0, 0.05) is 23.2 Å². The fourth-order valence-corrected chi connectivity index (χ4v) is 2.34. The van der Waals surface area contributed by atoms with Crippen molar-refractivity contribution in [3.8, 4) is 0 Å². The molecule has 2 rings (SSSR count). The quantitative estimate of drug-likeness (QED) is 0.660. The molecule has 0 saturated carbocycles. The van der Waals surface area contributed by atoms with Gasteiger partial charge in [-0.2, -0.15) is 0 Å². The lowest BCUT2D eigenvalue weighted by Crippen LogP contribution is -2.38. The molecule has 20 heavy (non-hydrogen) atoms. The van der Waals surface area contributed by atoms with Crippen molar-refractivity contribution < 1.29 is 14.0 Å². The van der Waals surface area contributed by atoms with Gasteiger partial charge >= 0.3 is 0 Å². The maximum Gasteiger partial charge on any atom is 0.188 e. The van der Waals surface area contributed by atoms with Crippen LogP contribution in [-0.4, -0.2) is 17.1 Å². The van der Waals surface area contributed by atoms with E-state index in [2.05, 4.69) is 5.32 Å². The normalized spacial score (nSPS) is 16.1. The van der Waals surface area contributed by atoms with Crippen molar-refractivity contribution in [2.24, 2.45) is 0 Å². The molecule has 1 aliphatic rings. The lowest BCUT2D eigenvalue weighted by atomic mass is 9.87. The van der Waals surface area contributed by atoms with Crippen LogP contribution in [0.3, 0.4) is 0 Å². The Kier molecular flexibility index (Phi) is 3.50. The van der Waals surface area contributed by atoms with Gasteiger partial charge in [-0.25, -0.2) is 4.39 Å². The number of hydrogen-bond donors (Lipinski definition) is 1. The summed E-state index contributed by atoms with van der Waals surface area (Å²) in [5.74, 6) is -1.10. The summed E-state index contributed by atoms with van der Waals surface area (Å²) in [6.07, 6.45) is 1.69. The Morgan fingerprint density at radius 1 is 1.35 bits per heavy atom. The Hall–Kier alpha value is -1.97. The number of halogens is 1. The van der Waals surface area contributed by atoms with Gasteiger partial charge in [-0.05, 0) is 45.9 Å². The van der Waals surface area contributed by atoms with Crippen LogP contribution in [0.5, 0.6) is 0 Å². The van der Waals surface area contributed by atoms with Gasteiger partial charge in [0.2, 0.25) is 0 Å². The third kappa shape index (κ3) is 2.79. The van der Waals surface area contributed by atoms with Crippen molar-refractivity contribution in [1.82, 2.24) is 0 Å². The maximum atomic E-state index is 14.1. The number of carbonyl (C=O) groups is 2. The molecule has 0 aliphatic carbocycles. The molecule has 1 aromatic carbocycles. The number of rotatable bonds is 2. The molecule has 4 heteroatoms. The van der Waals surface area contributed by atoms with Crippen molar-refractivity contribution in [2.45, 2.75) is 39.7 Å². The molecule has 1 aliphatic heterocycles. The number of fused-ring (bicyclic) bond motifs is 1. The lowest BCUT2D eigenvalue weighted by Gasteiger charge is -2.32. The lowest BCUT2D eigenvalue weighted by molar-refractivity contribution is 0.0958.